The Kier molecular flexibility index (Phi) is 1.29. The summed E-state index contributed by atoms with van der Waals surface area (Å²) in [5, 5.41) is 2.56. The van der Waals surface area contributed by atoms with Crippen LogP contribution in [0.1, 0.15) is 19.3 Å². The van der Waals surface area contributed by atoms with Crippen molar-refractivity contribution in [2.75, 3.05) is 19.6 Å². The minimum Gasteiger partial charge on any atom is -0.334 e. The largest absolute Gasteiger partial charge is 0.334 e. The second-order valence-corrected chi connectivity index (χ2v) is 4.67. The number of nitrogens with one attached hydrogen (secondary N) is 1. The number of nitrogens with two attached hydrogens (primary N) is 1. The Balaban J connectivity index is 1.62. The molecule has 1 saturated carbocycles. The predicted molar refractivity (Wildman–Crippen MR) is 42.4 cm³/mol. The third-order valence-corrected chi connectivity index (χ3v) is 3.69. The van der Waals surface area contributed by atoms with Crippen molar-refractivity contribution in [3.05, 3.63) is 0 Å². The van der Waals surface area contributed by atoms with Gasteiger partial charge >= 0.3 is 0 Å². The van der Waals surface area contributed by atoms with E-state index in [2.05, 4.69) is 5.32 Å². The fourth-order valence-electron chi connectivity index (χ4n) is 2.86. The van der Waals surface area contributed by atoms with Crippen LogP contribution in [0, 0.1) is 5.92 Å². The molecule has 2 aliphatic heterocycles. The van der Waals surface area contributed by atoms with Crippen molar-refractivity contribution in [2.45, 2.75) is 31.3 Å². The molecule has 1 aliphatic carbocycles. The van der Waals surface area contributed by atoms with Crippen molar-refractivity contribution in [2.24, 2.45) is 5.92 Å². The summed E-state index contributed by atoms with van der Waals surface area (Å²) in [6.45, 7) is 4.41. The highest BCUT2D eigenvalue weighted by Crippen LogP contribution is 2.27. The first-order valence-electron chi connectivity index (χ1n) is 5.10. The van der Waals surface area contributed by atoms with E-state index in [9.17, 15) is 0 Å². The summed E-state index contributed by atoms with van der Waals surface area (Å²) >= 11 is 0. The molecule has 3 aliphatic rings. The molecule has 2 saturated heterocycles. The highest BCUT2D eigenvalue weighted by Gasteiger charge is 2.46. The molecule has 0 aromatic carbocycles. The lowest BCUT2D eigenvalue weighted by Gasteiger charge is -2.21. The van der Waals surface area contributed by atoms with Gasteiger partial charge in [-0.3, -0.25) is 0 Å². The van der Waals surface area contributed by atoms with Crippen LogP contribution in [0.5, 0.6) is 0 Å². The van der Waals surface area contributed by atoms with Crippen molar-refractivity contribution in [1.82, 2.24) is 0 Å². The molecule has 3 rings (SSSR count). The van der Waals surface area contributed by atoms with E-state index in [4.69, 9.17) is 0 Å². The van der Waals surface area contributed by atoms with Crippen LogP contribution < -0.4 is 10.2 Å². The number of piperazine rings is 1. The van der Waals surface area contributed by atoms with E-state index in [1.165, 1.54) is 38.9 Å². The van der Waals surface area contributed by atoms with Gasteiger partial charge in [0.1, 0.15) is 25.2 Å². The lowest BCUT2D eigenvalue weighted by Crippen LogP contribution is -3.21. The second-order valence-electron chi connectivity index (χ2n) is 4.67. The number of rotatable bonds is 2. The molecule has 0 radical (unpaired) electrons. The maximum atomic E-state index is 2.56. The highest BCUT2D eigenvalue weighted by atomic mass is 15.3. The third kappa shape index (κ3) is 1.09. The first-order valence-corrected chi connectivity index (χ1v) is 5.10. The third-order valence-electron chi connectivity index (χ3n) is 3.69. The second kappa shape index (κ2) is 2.20. The van der Waals surface area contributed by atoms with E-state index in [0.717, 1.165) is 18.0 Å². The highest BCUT2D eigenvalue weighted by molar-refractivity contribution is 4.78. The average molecular weight is 154 g/mol. The summed E-state index contributed by atoms with van der Waals surface area (Å²) < 4.78 is 0. The minimum absolute atomic E-state index is 1.01. The van der Waals surface area contributed by atoms with E-state index in [1.54, 1.807) is 0 Å². The van der Waals surface area contributed by atoms with E-state index < -0.39 is 0 Å². The molecule has 0 spiro atoms. The zero-order valence-electron chi connectivity index (χ0n) is 7.05. The Bertz CT molecular complexity index is 165. The van der Waals surface area contributed by atoms with Gasteiger partial charge in [-0.15, -0.1) is 0 Å². The zero-order chi connectivity index (χ0) is 7.26. The summed E-state index contributed by atoms with van der Waals surface area (Å²) in [4.78, 5) is 1.94. The normalized spacial score (nSPS) is 48.5. The van der Waals surface area contributed by atoms with Crippen LogP contribution in [0.25, 0.3) is 0 Å². The van der Waals surface area contributed by atoms with Crippen molar-refractivity contribution in [3.8, 4) is 0 Å². The summed E-state index contributed by atoms with van der Waals surface area (Å²) in [6, 6.07) is 2.05. The van der Waals surface area contributed by atoms with Gasteiger partial charge in [0, 0.05) is 5.92 Å². The SMILES string of the molecule is C1CC1C[NH+]1C[C@H]2C[C@@H]1C[NH2+]2. The Morgan fingerprint density at radius 1 is 1.36 bits per heavy atom. The Morgan fingerprint density at radius 2 is 2.27 bits per heavy atom. The van der Waals surface area contributed by atoms with E-state index >= 15 is 0 Å². The molecule has 0 aromatic heterocycles. The number of hydrogen-bond donors (Lipinski definition) is 2. The lowest BCUT2D eigenvalue weighted by molar-refractivity contribution is -0.953. The maximum absolute atomic E-state index is 2.56. The van der Waals surface area contributed by atoms with Gasteiger partial charge in [-0.05, 0) is 12.8 Å². The summed E-state index contributed by atoms with van der Waals surface area (Å²) in [5.41, 5.74) is 0. The topological polar surface area (TPSA) is 21.1 Å². The Labute approximate surface area is 68.0 Å². The van der Waals surface area contributed by atoms with Crippen LogP contribution in [0.3, 0.4) is 0 Å². The van der Waals surface area contributed by atoms with E-state index in [0.29, 0.717) is 0 Å². The molecule has 2 heteroatoms. The fourth-order valence-corrected chi connectivity index (χ4v) is 2.86. The van der Waals surface area contributed by atoms with Crippen molar-refractivity contribution in [1.29, 1.82) is 0 Å². The van der Waals surface area contributed by atoms with Crippen molar-refractivity contribution >= 4 is 0 Å². The van der Waals surface area contributed by atoms with E-state index in [1.807, 2.05) is 4.90 Å². The Morgan fingerprint density at radius 3 is 2.82 bits per heavy atom. The van der Waals surface area contributed by atoms with Crippen LogP contribution in [0.15, 0.2) is 0 Å². The number of fused-ring (bicyclic) bond motifs is 2. The molecule has 0 amide bonds. The summed E-state index contributed by atoms with van der Waals surface area (Å²) in [6.07, 6.45) is 4.58. The zero-order valence-corrected chi connectivity index (χ0v) is 7.05. The lowest BCUT2D eigenvalue weighted by atomic mass is 10.2. The van der Waals surface area contributed by atoms with Crippen LogP contribution >= 0.6 is 0 Å². The number of likely N-dealkylation sites (tertiary alicyclic amines) is 1. The molecule has 1 unspecified atom stereocenters. The molecule has 3 atom stereocenters. The van der Waals surface area contributed by atoms with Gasteiger partial charge in [0.2, 0.25) is 0 Å². The Hall–Kier alpha value is -0.0800. The smallest absolute Gasteiger partial charge is 0.143 e. The molecular weight excluding hydrogens is 136 g/mol. The van der Waals surface area contributed by atoms with Gasteiger partial charge < -0.3 is 10.2 Å². The van der Waals surface area contributed by atoms with E-state index in [-0.39, 0.29) is 0 Å². The minimum atomic E-state index is 1.01. The number of quaternary nitrogens is 2. The summed E-state index contributed by atoms with van der Waals surface area (Å²) in [7, 11) is 0. The van der Waals surface area contributed by atoms with Gasteiger partial charge in [0.05, 0.1) is 13.0 Å². The molecular formula is C9H18N2+2. The van der Waals surface area contributed by atoms with Gasteiger partial charge in [0.25, 0.3) is 0 Å². The molecule has 3 fully saturated rings. The van der Waals surface area contributed by atoms with Gasteiger partial charge in [-0.25, -0.2) is 0 Å². The van der Waals surface area contributed by atoms with Crippen molar-refractivity contribution < 1.29 is 10.2 Å². The quantitative estimate of drug-likeness (QED) is 0.459. The standard InChI is InChI=1S/C9H16N2/c1-2-7(1)5-11-6-8-3-9(11)4-10-8/h7-10H,1-6H2/p+2/t8-,9-/m1/s1. The predicted octanol–water partition coefficient (Wildman–Crippen LogP) is -2.00. The molecule has 2 bridgehead atoms. The van der Waals surface area contributed by atoms with Crippen LogP contribution in [-0.2, 0) is 0 Å². The monoisotopic (exact) mass is 154 g/mol. The first kappa shape index (κ1) is 6.44. The average Bonchev–Trinajstić information content (AvgIpc) is 2.61. The van der Waals surface area contributed by atoms with Gasteiger partial charge in [-0.2, -0.15) is 0 Å². The summed E-state index contributed by atoms with van der Waals surface area (Å²) in [5.74, 6) is 1.13. The molecule has 0 aromatic rings. The van der Waals surface area contributed by atoms with Crippen LogP contribution in [0.4, 0.5) is 0 Å². The van der Waals surface area contributed by atoms with Crippen molar-refractivity contribution in [3.63, 3.8) is 0 Å². The van der Waals surface area contributed by atoms with Gasteiger partial charge in [-0.1, -0.05) is 0 Å². The maximum Gasteiger partial charge on any atom is 0.143 e. The molecule has 2 nitrogen and oxygen atoms in total. The first-order chi connectivity index (χ1) is 5.42. The van der Waals surface area contributed by atoms with Crippen LogP contribution in [-0.4, -0.2) is 31.7 Å². The van der Waals surface area contributed by atoms with Crippen LogP contribution in [0.2, 0.25) is 0 Å². The molecule has 2 heterocycles. The molecule has 62 valence electrons. The van der Waals surface area contributed by atoms with Gasteiger partial charge in [0.15, 0.2) is 0 Å². The number of hydrogen-bond acceptors (Lipinski definition) is 0. The molecule has 11 heavy (non-hydrogen) atoms. The fraction of sp³-hybridized carbons (Fsp3) is 1.00. The molecule has 3 N–H and O–H groups in total.